The molecule has 2 aromatic carbocycles. The number of hydrogen-bond acceptors (Lipinski definition) is 6. The molecule has 0 radical (unpaired) electrons. The van der Waals surface area contributed by atoms with Crippen LogP contribution in [0.15, 0.2) is 42.5 Å². The third kappa shape index (κ3) is 7.29. The molecular weight excluding hydrogens is 518 g/mol. The van der Waals surface area contributed by atoms with Gasteiger partial charge in [0.05, 0.1) is 11.4 Å². The maximum Gasteiger partial charge on any atom is 0.244 e. The molecule has 0 saturated heterocycles. The Balaban J connectivity index is 1.94. The summed E-state index contributed by atoms with van der Waals surface area (Å²) < 4.78 is 38.4. The third-order valence-electron chi connectivity index (χ3n) is 6.23. The van der Waals surface area contributed by atoms with Gasteiger partial charge in [0.1, 0.15) is 25.8 Å². The van der Waals surface area contributed by atoms with Crippen LogP contribution in [0.1, 0.15) is 39.7 Å². The molecule has 0 aromatic heterocycles. The molecule has 3 rings (SSSR count). The standard InChI is InChI=1S/C26H34ClN3O6S/c1-5-18(3)28-26(32)19(4)29(16-20-7-9-21(27)10-8-20)25(31)17-30(37(33,34)6-2)22-11-12-23-24(15-22)36-14-13-35-23/h7-12,15,18-19H,5-6,13-14,16-17H2,1-4H3,(H,28,32)/t18-,19+/m0/s1. The molecule has 0 fully saturated rings. The van der Waals surface area contributed by atoms with Crippen LogP contribution >= 0.6 is 11.6 Å². The molecule has 11 heteroatoms. The van der Waals surface area contributed by atoms with E-state index < -0.39 is 28.5 Å². The van der Waals surface area contributed by atoms with Crippen molar-refractivity contribution in [2.24, 2.45) is 0 Å². The van der Waals surface area contributed by atoms with E-state index in [1.165, 1.54) is 11.8 Å². The van der Waals surface area contributed by atoms with Crippen LogP contribution in [0.4, 0.5) is 5.69 Å². The number of carbonyl (C=O) groups excluding carboxylic acids is 2. The minimum absolute atomic E-state index is 0.0721. The van der Waals surface area contributed by atoms with Crippen LogP contribution in [0, 0.1) is 0 Å². The van der Waals surface area contributed by atoms with E-state index in [4.69, 9.17) is 21.1 Å². The Morgan fingerprint density at radius 3 is 2.30 bits per heavy atom. The Bertz CT molecular complexity index is 1210. The summed E-state index contributed by atoms with van der Waals surface area (Å²) in [5, 5.41) is 3.45. The molecule has 1 N–H and O–H groups in total. The average molecular weight is 552 g/mol. The number of hydrogen-bond donors (Lipinski definition) is 1. The maximum absolute atomic E-state index is 13.7. The van der Waals surface area contributed by atoms with Gasteiger partial charge in [-0.2, -0.15) is 0 Å². The van der Waals surface area contributed by atoms with Gasteiger partial charge in [0.2, 0.25) is 21.8 Å². The van der Waals surface area contributed by atoms with Crippen molar-refractivity contribution in [3.05, 3.63) is 53.1 Å². The molecule has 2 aromatic rings. The second-order valence-corrected chi connectivity index (χ2v) is 11.5. The molecule has 1 aliphatic heterocycles. The normalized spacial score (nSPS) is 14.4. The summed E-state index contributed by atoms with van der Waals surface area (Å²) in [4.78, 5) is 28.1. The molecule has 2 atom stereocenters. The van der Waals surface area contributed by atoms with Crippen molar-refractivity contribution in [3.63, 3.8) is 0 Å². The number of ether oxygens (including phenoxy) is 2. The lowest BCUT2D eigenvalue weighted by molar-refractivity contribution is -0.139. The number of rotatable bonds is 11. The molecule has 0 saturated carbocycles. The second kappa shape index (κ2) is 12.5. The molecule has 2 amide bonds. The molecule has 37 heavy (non-hydrogen) atoms. The van der Waals surface area contributed by atoms with Crippen molar-refractivity contribution < 1.29 is 27.5 Å². The molecule has 0 aliphatic carbocycles. The lowest BCUT2D eigenvalue weighted by Gasteiger charge is -2.32. The van der Waals surface area contributed by atoms with Crippen LogP contribution in [0.5, 0.6) is 11.5 Å². The highest BCUT2D eigenvalue weighted by Crippen LogP contribution is 2.35. The first-order valence-electron chi connectivity index (χ1n) is 12.3. The van der Waals surface area contributed by atoms with Gasteiger partial charge in [-0.15, -0.1) is 0 Å². The Hall–Kier alpha value is -2.98. The number of benzene rings is 2. The van der Waals surface area contributed by atoms with E-state index >= 15 is 0 Å². The number of sulfonamides is 1. The number of fused-ring (bicyclic) bond motifs is 1. The maximum atomic E-state index is 13.7. The molecule has 0 unspecified atom stereocenters. The Morgan fingerprint density at radius 2 is 1.68 bits per heavy atom. The van der Waals surface area contributed by atoms with E-state index in [0.29, 0.717) is 29.7 Å². The number of halogens is 1. The first-order chi connectivity index (χ1) is 17.6. The molecular formula is C26H34ClN3O6S. The van der Waals surface area contributed by atoms with E-state index in [1.807, 2.05) is 13.8 Å². The van der Waals surface area contributed by atoms with Crippen LogP contribution in [0.2, 0.25) is 5.02 Å². The van der Waals surface area contributed by atoms with Gasteiger partial charge in [0.25, 0.3) is 0 Å². The van der Waals surface area contributed by atoms with Gasteiger partial charge in [0.15, 0.2) is 11.5 Å². The van der Waals surface area contributed by atoms with Crippen molar-refractivity contribution in [1.29, 1.82) is 0 Å². The summed E-state index contributed by atoms with van der Waals surface area (Å²) in [6, 6.07) is 10.8. The average Bonchev–Trinajstić information content (AvgIpc) is 2.90. The molecule has 1 aliphatic rings. The fourth-order valence-electron chi connectivity index (χ4n) is 3.74. The van der Waals surface area contributed by atoms with Gasteiger partial charge in [-0.3, -0.25) is 13.9 Å². The quantitative estimate of drug-likeness (QED) is 0.457. The van der Waals surface area contributed by atoms with Crippen molar-refractivity contribution in [3.8, 4) is 11.5 Å². The van der Waals surface area contributed by atoms with E-state index in [1.54, 1.807) is 49.4 Å². The fourth-order valence-corrected chi connectivity index (χ4v) is 4.92. The number of carbonyl (C=O) groups is 2. The van der Waals surface area contributed by atoms with Crippen LogP contribution in [0.25, 0.3) is 0 Å². The largest absolute Gasteiger partial charge is 0.486 e. The monoisotopic (exact) mass is 551 g/mol. The number of amides is 2. The van der Waals surface area contributed by atoms with Crippen molar-refractivity contribution in [2.45, 2.75) is 52.7 Å². The van der Waals surface area contributed by atoms with Gasteiger partial charge in [0, 0.05) is 23.7 Å². The van der Waals surface area contributed by atoms with Gasteiger partial charge < -0.3 is 19.7 Å². The molecule has 0 spiro atoms. The minimum atomic E-state index is -3.84. The fraction of sp³-hybridized carbons (Fsp3) is 0.462. The predicted molar refractivity (Wildman–Crippen MR) is 144 cm³/mol. The Morgan fingerprint density at radius 1 is 1.03 bits per heavy atom. The van der Waals surface area contributed by atoms with Gasteiger partial charge in [-0.25, -0.2) is 8.42 Å². The number of nitrogens with zero attached hydrogens (tertiary/aromatic N) is 2. The van der Waals surface area contributed by atoms with Crippen LogP contribution in [0.3, 0.4) is 0 Å². The van der Waals surface area contributed by atoms with Crippen LogP contribution < -0.4 is 19.1 Å². The zero-order valence-corrected chi connectivity index (χ0v) is 23.1. The summed E-state index contributed by atoms with van der Waals surface area (Å²) in [6.45, 7) is 7.34. The smallest absolute Gasteiger partial charge is 0.244 e. The van der Waals surface area contributed by atoms with Gasteiger partial charge in [-0.1, -0.05) is 30.7 Å². The summed E-state index contributed by atoms with van der Waals surface area (Å²) in [5.74, 6) is -0.132. The van der Waals surface area contributed by atoms with Gasteiger partial charge in [-0.05, 0) is 57.0 Å². The van der Waals surface area contributed by atoms with Crippen molar-refractivity contribution in [1.82, 2.24) is 10.2 Å². The third-order valence-corrected chi connectivity index (χ3v) is 8.22. The highest BCUT2D eigenvalue weighted by Gasteiger charge is 2.32. The highest BCUT2D eigenvalue weighted by atomic mass is 35.5. The first-order valence-corrected chi connectivity index (χ1v) is 14.3. The molecule has 1 heterocycles. The topological polar surface area (TPSA) is 105 Å². The van der Waals surface area contributed by atoms with Gasteiger partial charge >= 0.3 is 0 Å². The minimum Gasteiger partial charge on any atom is -0.486 e. The van der Waals surface area contributed by atoms with Crippen molar-refractivity contribution in [2.75, 3.05) is 29.8 Å². The summed E-state index contributed by atoms with van der Waals surface area (Å²) in [5.41, 5.74) is 1.03. The Labute approximate surface area is 223 Å². The molecule has 0 bridgehead atoms. The highest BCUT2D eigenvalue weighted by molar-refractivity contribution is 7.92. The number of anilines is 1. The van der Waals surface area contributed by atoms with E-state index in [2.05, 4.69) is 5.32 Å². The summed E-state index contributed by atoms with van der Waals surface area (Å²) in [7, 11) is -3.84. The van der Waals surface area contributed by atoms with E-state index in [9.17, 15) is 18.0 Å². The lowest BCUT2D eigenvalue weighted by atomic mass is 10.1. The van der Waals surface area contributed by atoms with Crippen molar-refractivity contribution >= 4 is 39.1 Å². The zero-order valence-electron chi connectivity index (χ0n) is 21.6. The Kier molecular flexibility index (Phi) is 9.67. The number of nitrogens with one attached hydrogen (secondary N) is 1. The second-order valence-electron chi connectivity index (χ2n) is 8.88. The summed E-state index contributed by atoms with van der Waals surface area (Å²) >= 11 is 6.01. The predicted octanol–water partition coefficient (Wildman–Crippen LogP) is 3.60. The summed E-state index contributed by atoms with van der Waals surface area (Å²) in [6.07, 6.45) is 0.732. The SMILES string of the molecule is CC[C@H](C)NC(=O)[C@@H](C)N(Cc1ccc(Cl)cc1)C(=O)CN(c1ccc2c(c1)OCCO2)S(=O)(=O)CC. The van der Waals surface area contributed by atoms with E-state index in [0.717, 1.165) is 16.3 Å². The van der Waals surface area contributed by atoms with Crippen LogP contribution in [-0.4, -0.2) is 62.7 Å². The molecule has 202 valence electrons. The zero-order chi connectivity index (χ0) is 27.2. The first kappa shape index (κ1) is 28.6. The molecule has 9 nitrogen and oxygen atoms in total. The van der Waals surface area contributed by atoms with E-state index in [-0.39, 0.29) is 29.9 Å². The van der Waals surface area contributed by atoms with Crippen LogP contribution in [-0.2, 0) is 26.2 Å². The lowest BCUT2D eigenvalue weighted by Crippen LogP contribution is -2.52.